The van der Waals surface area contributed by atoms with Crippen molar-refractivity contribution >= 4 is 123 Å². The van der Waals surface area contributed by atoms with Gasteiger partial charge in [-0.05, 0) is 196 Å². The van der Waals surface area contributed by atoms with E-state index in [9.17, 15) is 8.22 Å². The smallest absolute Gasteiger partial charge is 0.252 e. The van der Waals surface area contributed by atoms with E-state index < -0.39 is 43.0 Å². The molecule has 2 aliphatic heterocycles. The molecule has 0 atom stereocenters. The lowest BCUT2D eigenvalue weighted by molar-refractivity contribution is 0.568. The second kappa shape index (κ2) is 23.8. The summed E-state index contributed by atoms with van der Waals surface area (Å²) in [5, 5.41) is 3.92. The number of anilines is 6. The van der Waals surface area contributed by atoms with E-state index in [4.69, 9.17) is 7.16 Å². The van der Waals surface area contributed by atoms with E-state index in [2.05, 4.69) is 322 Å². The van der Waals surface area contributed by atoms with E-state index in [1.54, 1.807) is 4.57 Å². The van der Waals surface area contributed by atoms with Gasteiger partial charge in [0.1, 0.15) is 11.2 Å². The standard InChI is InChI=1S/C100H85BN4O/c1-97(2,3)70-48-65(49-71(59-70)98(4,5)6)64-44-46-80-85(52-64)104(88-54-67(62-30-16-13-17-31-62)53-87-94(88)78-38-24-28-42-84(78)102(87)74-34-20-15-21-35-74)90-56-68(66-50-72(99(7,8)9)60-73(51-66)100(10,11)12)57-91-96(90)101(80)81-47-45-75(103-82-40-26-22-36-76(82)77-37-23-27-41-83(77)103)61-86(81)105(91)89-55-69(63-32-18-14-19-33-63)58-93-95(89)79-39-25-29-43-92(79)106-93/h13-61H,1-12H3/i22D,23D,26D,27D,36D,37D,40D,41D. The molecule has 0 N–H and O–H groups in total. The first-order chi connectivity index (χ1) is 54.4. The van der Waals surface area contributed by atoms with Gasteiger partial charge in [-0.25, -0.2) is 0 Å². The quantitative estimate of drug-likeness (QED) is 0.142. The van der Waals surface area contributed by atoms with Crippen LogP contribution in [0.5, 0.6) is 0 Å². The molecule has 0 bridgehead atoms. The van der Waals surface area contributed by atoms with Crippen LogP contribution in [0.15, 0.2) is 301 Å². The van der Waals surface area contributed by atoms with Gasteiger partial charge in [-0.3, -0.25) is 0 Å². The fourth-order valence-corrected chi connectivity index (χ4v) is 16.7. The summed E-state index contributed by atoms with van der Waals surface area (Å²) in [7, 11) is 0. The molecule has 5 heterocycles. The second-order valence-electron chi connectivity index (χ2n) is 33.2. The maximum atomic E-state index is 9.90. The molecular weight excluding hydrogens is 1280 g/mol. The lowest BCUT2D eigenvalue weighted by Gasteiger charge is -2.45. The molecule has 19 rings (SSSR count). The van der Waals surface area contributed by atoms with Crippen molar-refractivity contribution in [3.8, 4) is 55.9 Å². The number of nitrogens with zero attached hydrogens (tertiary/aromatic N) is 4. The Hall–Kier alpha value is -11.9. The Balaban J connectivity index is 1.04. The van der Waals surface area contributed by atoms with E-state index in [0.29, 0.717) is 16.9 Å². The van der Waals surface area contributed by atoms with Crippen molar-refractivity contribution in [2.45, 2.75) is 105 Å². The molecule has 514 valence electrons. The molecule has 0 saturated heterocycles. The Bertz CT molecular complexity index is 6810. The average Bonchev–Trinajstić information content (AvgIpc) is 1.01. The summed E-state index contributed by atoms with van der Waals surface area (Å²) in [5.74, 6) is 0. The number of furan rings is 1. The number of benzene rings is 14. The Kier molecular flexibility index (Phi) is 12.7. The molecule has 2 aliphatic rings. The van der Waals surface area contributed by atoms with Gasteiger partial charge in [0.2, 0.25) is 0 Å². The number of aromatic nitrogens is 2. The largest absolute Gasteiger partial charge is 0.456 e. The number of rotatable bonds is 8. The topological polar surface area (TPSA) is 29.5 Å². The minimum Gasteiger partial charge on any atom is -0.456 e. The van der Waals surface area contributed by atoms with Gasteiger partial charge >= 0.3 is 0 Å². The highest BCUT2D eigenvalue weighted by Gasteiger charge is 2.46. The molecule has 3 aromatic heterocycles. The van der Waals surface area contributed by atoms with Gasteiger partial charge in [-0.1, -0.05) is 289 Å². The van der Waals surface area contributed by atoms with E-state index in [1.807, 2.05) is 24.3 Å². The third-order valence-electron chi connectivity index (χ3n) is 22.3. The molecule has 0 radical (unpaired) electrons. The number of hydrogen-bond donors (Lipinski definition) is 0. The molecule has 0 fully saturated rings. The average molecular weight is 1380 g/mol. The minimum atomic E-state index is -0.526. The van der Waals surface area contributed by atoms with Crippen LogP contribution in [0, 0.1) is 0 Å². The molecule has 17 aromatic rings. The highest BCUT2D eigenvalue weighted by molar-refractivity contribution is 7.00. The van der Waals surface area contributed by atoms with Gasteiger partial charge in [-0.15, -0.1) is 0 Å². The number of para-hydroxylation sites is 5. The summed E-state index contributed by atoms with van der Waals surface area (Å²) >= 11 is 0. The molecule has 6 heteroatoms. The van der Waals surface area contributed by atoms with E-state index >= 15 is 0 Å². The van der Waals surface area contributed by atoms with Gasteiger partial charge < -0.3 is 23.4 Å². The number of hydrogen-bond acceptors (Lipinski definition) is 3. The first kappa shape index (κ1) is 56.6. The van der Waals surface area contributed by atoms with Gasteiger partial charge in [0.05, 0.1) is 49.8 Å². The van der Waals surface area contributed by atoms with Crippen LogP contribution in [0.2, 0.25) is 0 Å². The zero-order chi connectivity index (χ0) is 79.4. The molecule has 0 unspecified atom stereocenters. The molecule has 0 spiro atoms. The second-order valence-corrected chi connectivity index (χ2v) is 33.2. The van der Waals surface area contributed by atoms with Crippen molar-refractivity contribution in [3.63, 3.8) is 0 Å². The van der Waals surface area contributed by atoms with Gasteiger partial charge in [0.15, 0.2) is 0 Å². The Morgan fingerprint density at radius 1 is 0.283 bits per heavy atom. The molecule has 0 amide bonds. The minimum absolute atomic E-state index is 0.00329. The van der Waals surface area contributed by atoms with Crippen molar-refractivity contribution in [2.75, 3.05) is 9.80 Å². The van der Waals surface area contributed by atoms with Crippen molar-refractivity contribution in [3.05, 3.63) is 319 Å². The lowest BCUT2D eigenvalue weighted by atomic mass is 9.33. The third kappa shape index (κ3) is 10.5. The summed E-state index contributed by atoms with van der Waals surface area (Å²) in [4.78, 5) is 5.01. The molecule has 0 aliphatic carbocycles. The maximum Gasteiger partial charge on any atom is 0.252 e. The summed E-state index contributed by atoms with van der Waals surface area (Å²) in [5.41, 5.74) is 25.3. The predicted octanol–water partition coefficient (Wildman–Crippen LogP) is 25.7. The molecule has 5 nitrogen and oxygen atoms in total. The summed E-state index contributed by atoms with van der Waals surface area (Å²) in [6.07, 6.45) is 0. The van der Waals surface area contributed by atoms with Crippen LogP contribution in [-0.4, -0.2) is 15.8 Å². The molecule has 0 saturated carbocycles. The van der Waals surface area contributed by atoms with Crippen LogP contribution in [0.4, 0.5) is 34.1 Å². The fourth-order valence-electron chi connectivity index (χ4n) is 16.7. The Morgan fingerprint density at radius 2 is 0.708 bits per heavy atom. The van der Waals surface area contributed by atoms with E-state index in [0.717, 1.165) is 133 Å². The SMILES string of the molecule is [2H]c1c([2H])c([2H])c2c(c1[2H])c1c([2H])c([2H])c([2H])c([2H])c1n2-c1ccc2c(c1)N(c1cc(-c3ccccc3)cc3oc4ccccc4c13)c1cc(-c3cc(C(C)(C)C)cc(C(C)(C)C)c3)cc3c1B2c1ccc(-c2cc(C(C)(C)C)cc(C(C)(C)C)c2)cc1N3c1cc(-c2ccccc2)cc2c1c1ccccc1n2-c1ccccc1. The predicted molar refractivity (Wildman–Crippen MR) is 453 cm³/mol. The van der Waals surface area contributed by atoms with Gasteiger partial charge in [0, 0.05) is 61.1 Å². The zero-order valence-corrected chi connectivity index (χ0v) is 61.9. The van der Waals surface area contributed by atoms with Gasteiger partial charge in [0.25, 0.3) is 6.71 Å². The van der Waals surface area contributed by atoms with Crippen LogP contribution in [0.3, 0.4) is 0 Å². The monoisotopic (exact) mass is 1380 g/mol. The van der Waals surface area contributed by atoms with Crippen molar-refractivity contribution in [2.24, 2.45) is 0 Å². The fraction of sp³-hybridized carbons (Fsp3) is 0.160. The van der Waals surface area contributed by atoms with Crippen LogP contribution >= 0.6 is 0 Å². The van der Waals surface area contributed by atoms with Crippen LogP contribution in [0.25, 0.3) is 121 Å². The third-order valence-corrected chi connectivity index (χ3v) is 22.3. The molecule has 106 heavy (non-hydrogen) atoms. The Labute approximate surface area is 633 Å². The van der Waals surface area contributed by atoms with Crippen LogP contribution in [0.1, 0.15) is 116 Å². The summed E-state index contributed by atoms with van der Waals surface area (Å²) in [6, 6.07) is 87.1. The highest BCUT2D eigenvalue weighted by Crippen LogP contribution is 2.54. The Morgan fingerprint density at radius 3 is 1.27 bits per heavy atom. The van der Waals surface area contributed by atoms with Crippen molar-refractivity contribution < 1.29 is 15.4 Å². The van der Waals surface area contributed by atoms with Crippen molar-refractivity contribution in [1.82, 2.24) is 9.13 Å². The number of fused-ring (bicyclic) bond motifs is 13. The lowest BCUT2D eigenvalue weighted by Crippen LogP contribution is -2.61. The molecule has 14 aromatic carbocycles. The van der Waals surface area contributed by atoms with E-state index in [1.165, 1.54) is 22.3 Å². The maximum absolute atomic E-state index is 9.90. The van der Waals surface area contributed by atoms with Crippen LogP contribution in [-0.2, 0) is 21.7 Å². The normalized spacial score (nSPS) is 14.3. The summed E-state index contributed by atoms with van der Waals surface area (Å²) in [6.45, 7) is 27.0. The van der Waals surface area contributed by atoms with E-state index in [-0.39, 0.29) is 55.6 Å². The van der Waals surface area contributed by atoms with Crippen molar-refractivity contribution in [1.29, 1.82) is 0 Å². The first-order valence-electron chi connectivity index (χ1n) is 41.0. The zero-order valence-electron chi connectivity index (χ0n) is 69.9. The first-order valence-corrected chi connectivity index (χ1v) is 37.0. The van der Waals surface area contributed by atoms with Crippen LogP contribution < -0.4 is 26.2 Å². The molecular formula is C100H85BN4O. The highest BCUT2D eigenvalue weighted by atomic mass is 16.3. The summed E-state index contributed by atoms with van der Waals surface area (Å²) < 4.78 is 87.2. The van der Waals surface area contributed by atoms with Gasteiger partial charge in [-0.2, -0.15) is 0 Å².